The molecule has 0 saturated heterocycles. The molecule has 4 heteroatoms. The van der Waals surface area contributed by atoms with Crippen molar-refractivity contribution in [1.29, 1.82) is 0 Å². The predicted octanol–water partition coefficient (Wildman–Crippen LogP) is 2.86. The Morgan fingerprint density at radius 2 is 2.11 bits per heavy atom. The van der Waals surface area contributed by atoms with Gasteiger partial charge in [-0.05, 0) is 25.1 Å². The van der Waals surface area contributed by atoms with E-state index in [9.17, 15) is 0 Å². The van der Waals surface area contributed by atoms with Gasteiger partial charge >= 0.3 is 0 Å². The van der Waals surface area contributed by atoms with E-state index in [0.717, 1.165) is 25.2 Å². The average Bonchev–Trinajstić information content (AvgIpc) is 2.78. The van der Waals surface area contributed by atoms with Gasteiger partial charge in [0, 0.05) is 13.1 Å². The molecule has 0 fully saturated rings. The second kappa shape index (κ2) is 6.83. The summed E-state index contributed by atoms with van der Waals surface area (Å²) in [5.41, 5.74) is 6.78. The topological polar surface area (TPSA) is 42.1 Å². The number of fused-ring (bicyclic) bond motifs is 1. The van der Waals surface area contributed by atoms with Crippen LogP contribution >= 0.6 is 11.3 Å². The molecule has 1 aromatic heterocycles. The average molecular weight is 263 g/mol. The molecule has 3 nitrogen and oxygen atoms in total. The van der Waals surface area contributed by atoms with Gasteiger partial charge in [-0.15, -0.1) is 11.3 Å². The Hall–Kier alpha value is -0.970. The van der Waals surface area contributed by atoms with E-state index in [1.807, 2.05) is 6.07 Å². The summed E-state index contributed by atoms with van der Waals surface area (Å²) in [7, 11) is 0. The van der Waals surface area contributed by atoms with Gasteiger partial charge in [-0.2, -0.15) is 0 Å². The van der Waals surface area contributed by atoms with Gasteiger partial charge in [-0.3, -0.25) is 4.90 Å². The quantitative estimate of drug-likeness (QED) is 0.835. The summed E-state index contributed by atoms with van der Waals surface area (Å²) < 4.78 is 1.27. The molecular formula is C14H21N3S. The molecule has 0 aliphatic rings. The van der Waals surface area contributed by atoms with E-state index in [0.29, 0.717) is 6.54 Å². The van der Waals surface area contributed by atoms with Crippen LogP contribution in [0.2, 0.25) is 0 Å². The minimum absolute atomic E-state index is 0.717. The minimum Gasteiger partial charge on any atom is -0.329 e. The van der Waals surface area contributed by atoms with Crippen LogP contribution in [0.25, 0.3) is 10.2 Å². The summed E-state index contributed by atoms with van der Waals surface area (Å²) in [6, 6.07) is 8.32. The van der Waals surface area contributed by atoms with Gasteiger partial charge < -0.3 is 5.73 Å². The van der Waals surface area contributed by atoms with Crippen LogP contribution in [0.3, 0.4) is 0 Å². The number of benzene rings is 1. The van der Waals surface area contributed by atoms with Crippen molar-refractivity contribution >= 4 is 21.6 Å². The van der Waals surface area contributed by atoms with E-state index in [-0.39, 0.29) is 0 Å². The molecule has 0 spiro atoms. The number of hydrogen-bond acceptors (Lipinski definition) is 4. The number of thiazole rings is 1. The third kappa shape index (κ3) is 3.51. The molecule has 98 valence electrons. The van der Waals surface area contributed by atoms with E-state index in [2.05, 4.69) is 35.0 Å². The van der Waals surface area contributed by atoms with Gasteiger partial charge in [-0.1, -0.05) is 25.5 Å². The molecule has 18 heavy (non-hydrogen) atoms. The van der Waals surface area contributed by atoms with Gasteiger partial charge in [0.15, 0.2) is 0 Å². The van der Waals surface area contributed by atoms with Crippen LogP contribution in [-0.4, -0.2) is 29.5 Å². The lowest BCUT2D eigenvalue weighted by Gasteiger charge is -2.19. The highest BCUT2D eigenvalue weighted by molar-refractivity contribution is 7.18. The zero-order valence-corrected chi connectivity index (χ0v) is 11.7. The van der Waals surface area contributed by atoms with Crippen LogP contribution in [0.1, 0.15) is 24.8 Å². The lowest BCUT2D eigenvalue weighted by atomic mass is 10.3. The van der Waals surface area contributed by atoms with Crippen molar-refractivity contribution in [3.63, 3.8) is 0 Å². The molecule has 0 aliphatic heterocycles. The molecule has 0 amide bonds. The van der Waals surface area contributed by atoms with Gasteiger partial charge in [0.25, 0.3) is 0 Å². The summed E-state index contributed by atoms with van der Waals surface area (Å²) in [6.07, 6.45) is 2.45. The number of unbranched alkanes of at least 4 members (excludes halogenated alkanes) is 1. The molecule has 2 rings (SSSR count). The van der Waals surface area contributed by atoms with Gasteiger partial charge in [0.05, 0.1) is 16.8 Å². The molecule has 2 aromatic rings. The normalized spacial score (nSPS) is 11.5. The van der Waals surface area contributed by atoms with Crippen molar-refractivity contribution < 1.29 is 0 Å². The van der Waals surface area contributed by atoms with Crippen molar-refractivity contribution in [2.75, 3.05) is 19.6 Å². The van der Waals surface area contributed by atoms with Crippen LogP contribution < -0.4 is 5.73 Å². The van der Waals surface area contributed by atoms with E-state index in [1.54, 1.807) is 11.3 Å². The molecule has 0 unspecified atom stereocenters. The van der Waals surface area contributed by atoms with Crippen LogP contribution in [0.4, 0.5) is 0 Å². The molecule has 1 aromatic carbocycles. The summed E-state index contributed by atoms with van der Waals surface area (Å²) >= 11 is 1.79. The number of nitrogens with zero attached hydrogens (tertiary/aromatic N) is 2. The lowest BCUT2D eigenvalue weighted by molar-refractivity contribution is 0.268. The van der Waals surface area contributed by atoms with Crippen molar-refractivity contribution in [2.45, 2.75) is 26.3 Å². The summed E-state index contributed by atoms with van der Waals surface area (Å²) in [4.78, 5) is 7.08. The number of hydrogen-bond donors (Lipinski definition) is 1. The molecule has 0 atom stereocenters. The standard InChI is InChI=1S/C14H21N3S/c1-2-3-9-17(10-8-15)11-14-16-12-6-4-5-7-13(12)18-14/h4-7H,2-3,8-11,15H2,1H3. The number of aromatic nitrogens is 1. The second-order valence-corrected chi connectivity index (χ2v) is 5.61. The molecule has 2 N–H and O–H groups in total. The van der Waals surface area contributed by atoms with Crippen molar-refractivity contribution in [1.82, 2.24) is 9.88 Å². The maximum absolute atomic E-state index is 5.67. The number of nitrogens with two attached hydrogens (primary N) is 1. The number of para-hydroxylation sites is 1. The molecule has 0 aliphatic carbocycles. The molecular weight excluding hydrogens is 242 g/mol. The molecule has 0 saturated carbocycles. The maximum Gasteiger partial charge on any atom is 0.108 e. The third-order valence-corrected chi connectivity index (χ3v) is 3.99. The van der Waals surface area contributed by atoms with Crippen molar-refractivity contribution in [3.8, 4) is 0 Å². The fraction of sp³-hybridized carbons (Fsp3) is 0.500. The molecule has 0 bridgehead atoms. The zero-order valence-electron chi connectivity index (χ0n) is 10.9. The Balaban J connectivity index is 2.05. The first-order valence-electron chi connectivity index (χ1n) is 6.60. The third-order valence-electron chi connectivity index (χ3n) is 2.97. The first-order chi connectivity index (χ1) is 8.83. The summed E-state index contributed by atoms with van der Waals surface area (Å²) in [5, 5.41) is 1.20. The zero-order chi connectivity index (χ0) is 12.8. The fourth-order valence-corrected chi connectivity index (χ4v) is 3.02. The highest BCUT2D eigenvalue weighted by Gasteiger charge is 2.08. The van der Waals surface area contributed by atoms with Crippen molar-refractivity contribution in [3.05, 3.63) is 29.3 Å². The van der Waals surface area contributed by atoms with E-state index in [4.69, 9.17) is 5.73 Å². The van der Waals surface area contributed by atoms with E-state index < -0.39 is 0 Å². The Morgan fingerprint density at radius 3 is 2.83 bits per heavy atom. The maximum atomic E-state index is 5.67. The van der Waals surface area contributed by atoms with Gasteiger partial charge in [0.1, 0.15) is 5.01 Å². The second-order valence-electron chi connectivity index (χ2n) is 4.49. The Morgan fingerprint density at radius 1 is 1.28 bits per heavy atom. The highest BCUT2D eigenvalue weighted by atomic mass is 32.1. The smallest absolute Gasteiger partial charge is 0.108 e. The van der Waals surface area contributed by atoms with Crippen molar-refractivity contribution in [2.24, 2.45) is 5.73 Å². The first-order valence-corrected chi connectivity index (χ1v) is 7.42. The largest absolute Gasteiger partial charge is 0.329 e. The monoisotopic (exact) mass is 263 g/mol. The van der Waals surface area contributed by atoms with Crippen LogP contribution in [0.5, 0.6) is 0 Å². The van der Waals surface area contributed by atoms with Crippen LogP contribution in [0, 0.1) is 0 Å². The van der Waals surface area contributed by atoms with E-state index in [1.165, 1.54) is 22.5 Å². The minimum atomic E-state index is 0.717. The Labute approximate surface area is 113 Å². The van der Waals surface area contributed by atoms with E-state index >= 15 is 0 Å². The van der Waals surface area contributed by atoms with Gasteiger partial charge in [0.2, 0.25) is 0 Å². The Kier molecular flexibility index (Phi) is 5.11. The number of rotatable bonds is 7. The molecule has 1 heterocycles. The summed E-state index contributed by atoms with van der Waals surface area (Å²) in [6.45, 7) is 5.93. The van der Waals surface area contributed by atoms with Gasteiger partial charge in [-0.25, -0.2) is 4.98 Å². The first kappa shape index (κ1) is 13.5. The molecule has 0 radical (unpaired) electrons. The Bertz CT molecular complexity index is 448. The van der Waals surface area contributed by atoms with Crippen LogP contribution in [0.15, 0.2) is 24.3 Å². The van der Waals surface area contributed by atoms with Crippen LogP contribution in [-0.2, 0) is 6.54 Å². The SMILES string of the molecule is CCCCN(CCN)Cc1nc2ccccc2s1. The lowest BCUT2D eigenvalue weighted by Crippen LogP contribution is -2.29. The highest BCUT2D eigenvalue weighted by Crippen LogP contribution is 2.22. The summed E-state index contributed by atoms with van der Waals surface area (Å²) in [5.74, 6) is 0. The predicted molar refractivity (Wildman–Crippen MR) is 78.9 cm³/mol. The fourth-order valence-electron chi connectivity index (χ4n) is 2.01.